The summed E-state index contributed by atoms with van der Waals surface area (Å²) in [5, 5.41) is 8.35. The van der Waals surface area contributed by atoms with Gasteiger partial charge >= 0.3 is 5.97 Å². The van der Waals surface area contributed by atoms with Crippen LogP contribution in [-0.2, 0) is 10.0 Å². The smallest absolute Gasteiger partial charge is 0.371 e. The fraction of sp³-hybridized carbons (Fsp3) is 0.583. The van der Waals surface area contributed by atoms with Crippen LogP contribution in [0.3, 0.4) is 0 Å². The molecule has 1 fully saturated rings. The number of sulfonamides is 1. The van der Waals surface area contributed by atoms with Gasteiger partial charge in [0.1, 0.15) is 0 Å². The molecule has 7 heteroatoms. The van der Waals surface area contributed by atoms with Gasteiger partial charge in [-0.2, -0.15) is 0 Å². The van der Waals surface area contributed by atoms with Crippen LogP contribution < -0.4 is 4.72 Å². The summed E-state index contributed by atoms with van der Waals surface area (Å²) in [4.78, 5) is 10.7. The topological polar surface area (TPSA) is 96.6 Å². The summed E-state index contributed by atoms with van der Waals surface area (Å²) in [5.74, 6) is -1.67. The maximum atomic E-state index is 12.0. The largest absolute Gasteiger partial charge is 0.475 e. The van der Waals surface area contributed by atoms with E-state index >= 15 is 0 Å². The van der Waals surface area contributed by atoms with Crippen molar-refractivity contribution < 1.29 is 22.7 Å². The van der Waals surface area contributed by atoms with Crippen molar-refractivity contribution in [3.63, 3.8) is 0 Å². The van der Waals surface area contributed by atoms with E-state index in [0.29, 0.717) is 6.54 Å². The highest BCUT2D eigenvalue weighted by atomic mass is 32.2. The molecule has 106 valence electrons. The van der Waals surface area contributed by atoms with E-state index in [2.05, 4.69) is 4.72 Å². The average molecular weight is 287 g/mol. The second kappa shape index (κ2) is 4.97. The summed E-state index contributed by atoms with van der Waals surface area (Å²) in [6, 6.07) is 2.29. The van der Waals surface area contributed by atoms with Gasteiger partial charge in [-0.3, -0.25) is 0 Å². The van der Waals surface area contributed by atoms with E-state index in [1.807, 2.05) is 6.92 Å². The van der Waals surface area contributed by atoms with E-state index in [-0.39, 0.29) is 16.3 Å². The monoisotopic (exact) mass is 287 g/mol. The zero-order valence-corrected chi connectivity index (χ0v) is 11.5. The molecular weight excluding hydrogens is 270 g/mol. The maximum absolute atomic E-state index is 12.0. The second-order valence-corrected chi connectivity index (χ2v) is 6.65. The molecule has 0 spiro atoms. The number of hydrogen-bond donors (Lipinski definition) is 2. The molecule has 1 heterocycles. The maximum Gasteiger partial charge on any atom is 0.371 e. The van der Waals surface area contributed by atoms with E-state index in [0.717, 1.165) is 37.8 Å². The molecule has 19 heavy (non-hydrogen) atoms. The van der Waals surface area contributed by atoms with Gasteiger partial charge in [-0.1, -0.05) is 13.3 Å². The molecule has 0 amide bonds. The quantitative estimate of drug-likeness (QED) is 0.832. The van der Waals surface area contributed by atoms with E-state index in [4.69, 9.17) is 9.52 Å². The fourth-order valence-electron chi connectivity index (χ4n) is 2.23. The lowest BCUT2D eigenvalue weighted by Crippen LogP contribution is -2.41. The van der Waals surface area contributed by atoms with Gasteiger partial charge < -0.3 is 9.52 Å². The minimum Gasteiger partial charge on any atom is -0.475 e. The third kappa shape index (κ3) is 2.82. The van der Waals surface area contributed by atoms with Gasteiger partial charge in [0.15, 0.2) is 0 Å². The second-order valence-electron chi connectivity index (χ2n) is 4.96. The molecule has 0 radical (unpaired) electrons. The van der Waals surface area contributed by atoms with Crippen molar-refractivity contribution >= 4 is 16.0 Å². The Kier molecular flexibility index (Phi) is 3.69. The fourth-order valence-corrected chi connectivity index (χ4v) is 3.32. The first kappa shape index (κ1) is 14.1. The molecule has 0 saturated heterocycles. The average Bonchev–Trinajstić information content (AvgIpc) is 2.78. The minimum absolute atomic E-state index is 0.0509. The Balaban J connectivity index is 2.07. The first-order valence-electron chi connectivity index (χ1n) is 6.21. The summed E-state index contributed by atoms with van der Waals surface area (Å²) in [7, 11) is -3.77. The highest BCUT2D eigenvalue weighted by Gasteiger charge is 2.36. The summed E-state index contributed by atoms with van der Waals surface area (Å²) in [6.07, 6.45) is 4.09. The Morgan fingerprint density at radius 1 is 1.47 bits per heavy atom. The standard InChI is InChI=1S/C12H17NO5S/c1-2-12(6-3-7-12)8-13-19(16,17)10-5-4-9(18-10)11(14)15/h4-5,13H,2-3,6-8H2,1H3,(H,14,15). The van der Waals surface area contributed by atoms with Gasteiger partial charge in [0.25, 0.3) is 10.0 Å². The van der Waals surface area contributed by atoms with Crippen LogP contribution in [-0.4, -0.2) is 26.0 Å². The van der Waals surface area contributed by atoms with E-state index in [9.17, 15) is 13.2 Å². The highest BCUT2D eigenvalue weighted by molar-refractivity contribution is 7.89. The molecule has 1 aromatic rings. The lowest BCUT2D eigenvalue weighted by molar-refractivity contribution is 0.0656. The summed E-state index contributed by atoms with van der Waals surface area (Å²) in [6.45, 7) is 2.41. The first-order valence-corrected chi connectivity index (χ1v) is 7.70. The van der Waals surface area contributed by atoms with Gasteiger partial charge in [-0.05, 0) is 36.8 Å². The molecule has 0 aromatic carbocycles. The van der Waals surface area contributed by atoms with Gasteiger partial charge in [-0.25, -0.2) is 17.9 Å². The van der Waals surface area contributed by atoms with Crippen molar-refractivity contribution in [2.75, 3.05) is 6.54 Å². The number of aromatic carboxylic acids is 1. The summed E-state index contributed by atoms with van der Waals surface area (Å²) in [5.41, 5.74) is 0.0509. The molecule has 1 aromatic heterocycles. The van der Waals surface area contributed by atoms with Crippen molar-refractivity contribution in [3.8, 4) is 0 Å². The Bertz CT molecular complexity index is 565. The molecule has 0 atom stereocenters. The number of hydrogen-bond acceptors (Lipinski definition) is 4. The number of nitrogens with one attached hydrogen (secondary N) is 1. The van der Waals surface area contributed by atoms with Crippen molar-refractivity contribution in [3.05, 3.63) is 17.9 Å². The third-order valence-corrected chi connectivity index (χ3v) is 5.13. The molecule has 2 rings (SSSR count). The molecule has 0 aliphatic heterocycles. The van der Waals surface area contributed by atoms with Crippen LogP contribution >= 0.6 is 0 Å². The Hall–Kier alpha value is -1.34. The number of rotatable bonds is 6. The molecule has 0 bridgehead atoms. The van der Waals surface area contributed by atoms with Gasteiger partial charge in [-0.15, -0.1) is 0 Å². The summed E-state index contributed by atoms with van der Waals surface area (Å²) < 4.78 is 31.3. The van der Waals surface area contributed by atoms with Gasteiger partial charge in [0.05, 0.1) is 0 Å². The molecular formula is C12H17NO5S. The molecule has 0 unspecified atom stereocenters. The Morgan fingerprint density at radius 3 is 2.58 bits per heavy atom. The van der Waals surface area contributed by atoms with Crippen molar-refractivity contribution in [2.24, 2.45) is 5.41 Å². The predicted octanol–water partition coefficient (Wildman–Crippen LogP) is 1.84. The van der Waals surface area contributed by atoms with Crippen LogP contribution in [0.25, 0.3) is 0 Å². The van der Waals surface area contributed by atoms with Gasteiger partial charge in [0, 0.05) is 6.54 Å². The Morgan fingerprint density at radius 2 is 2.16 bits per heavy atom. The lowest BCUT2D eigenvalue weighted by Gasteiger charge is -2.41. The SMILES string of the molecule is CCC1(CNS(=O)(=O)c2ccc(C(=O)O)o2)CCC1. The predicted molar refractivity (Wildman–Crippen MR) is 67.4 cm³/mol. The summed E-state index contributed by atoms with van der Waals surface area (Å²) >= 11 is 0. The van der Waals surface area contributed by atoms with Crippen molar-refractivity contribution in [1.82, 2.24) is 4.72 Å². The van der Waals surface area contributed by atoms with Crippen LogP contribution in [0.1, 0.15) is 43.2 Å². The van der Waals surface area contributed by atoms with Crippen LogP contribution in [0.15, 0.2) is 21.6 Å². The van der Waals surface area contributed by atoms with Crippen LogP contribution in [0.2, 0.25) is 0 Å². The number of furan rings is 1. The zero-order valence-electron chi connectivity index (χ0n) is 10.7. The molecule has 1 saturated carbocycles. The minimum atomic E-state index is -3.77. The van der Waals surface area contributed by atoms with Crippen LogP contribution in [0, 0.1) is 5.41 Å². The Labute approximate surface area is 111 Å². The normalized spacial score (nSPS) is 17.9. The van der Waals surface area contributed by atoms with Crippen molar-refractivity contribution in [1.29, 1.82) is 0 Å². The number of carbonyl (C=O) groups is 1. The molecule has 1 aliphatic carbocycles. The van der Waals surface area contributed by atoms with E-state index in [1.165, 1.54) is 0 Å². The van der Waals surface area contributed by atoms with E-state index < -0.39 is 16.0 Å². The third-order valence-electron chi connectivity index (χ3n) is 3.86. The van der Waals surface area contributed by atoms with Gasteiger partial charge in [0.2, 0.25) is 10.9 Å². The number of carboxylic acids is 1. The van der Waals surface area contributed by atoms with E-state index in [1.54, 1.807) is 0 Å². The zero-order chi connectivity index (χ0) is 14.1. The molecule has 2 N–H and O–H groups in total. The highest BCUT2D eigenvalue weighted by Crippen LogP contribution is 2.43. The lowest BCUT2D eigenvalue weighted by atomic mass is 9.67. The molecule has 6 nitrogen and oxygen atoms in total. The van der Waals surface area contributed by atoms with Crippen LogP contribution in [0.5, 0.6) is 0 Å². The first-order chi connectivity index (χ1) is 8.88. The van der Waals surface area contributed by atoms with Crippen molar-refractivity contribution in [2.45, 2.75) is 37.7 Å². The van der Waals surface area contributed by atoms with Crippen LogP contribution in [0.4, 0.5) is 0 Å². The molecule has 1 aliphatic rings. The number of carboxylic acid groups (broad SMARTS) is 1.